The van der Waals surface area contributed by atoms with E-state index < -0.39 is 23.2 Å². The summed E-state index contributed by atoms with van der Waals surface area (Å²) in [7, 11) is 4.94. The highest BCUT2D eigenvalue weighted by Crippen LogP contribution is 2.36. The second kappa shape index (κ2) is 14.2. The van der Waals surface area contributed by atoms with E-state index in [4.69, 9.17) is 21.7 Å². The number of hydrogen-bond acceptors (Lipinski definition) is 6. The highest BCUT2D eigenvalue weighted by Gasteiger charge is 2.49. The summed E-state index contributed by atoms with van der Waals surface area (Å²) in [6.45, 7) is 1.28. The fraction of sp³-hybridized carbons (Fsp3) is 0.382. The monoisotopic (exact) mass is 669 g/mol. The summed E-state index contributed by atoms with van der Waals surface area (Å²) in [5.74, 6) is 0.126. The molecule has 0 aromatic heterocycles. The van der Waals surface area contributed by atoms with E-state index in [0.29, 0.717) is 60.3 Å². The number of hydrogen-bond donors (Lipinski definition) is 2. The first-order valence-corrected chi connectivity index (χ1v) is 15.6. The second-order valence-electron chi connectivity index (χ2n) is 11.8. The molecular weight excluding hydrogens is 631 g/mol. The van der Waals surface area contributed by atoms with Gasteiger partial charge in [-0.05, 0) is 67.5 Å². The van der Waals surface area contributed by atoms with E-state index in [1.54, 1.807) is 23.1 Å². The van der Waals surface area contributed by atoms with E-state index in [0.717, 1.165) is 17.7 Å². The van der Waals surface area contributed by atoms with Gasteiger partial charge in [0, 0.05) is 32.2 Å². The minimum Gasteiger partial charge on any atom is -0.497 e. The van der Waals surface area contributed by atoms with Gasteiger partial charge in [-0.25, -0.2) is 0 Å². The van der Waals surface area contributed by atoms with Crippen LogP contribution in [-0.2, 0) is 22.3 Å². The smallest absolute Gasteiger partial charge is 0.416 e. The number of rotatable bonds is 10. The Hall–Kier alpha value is -4.36. The van der Waals surface area contributed by atoms with Gasteiger partial charge in [-0.15, -0.1) is 0 Å². The molecule has 0 radical (unpaired) electrons. The van der Waals surface area contributed by atoms with E-state index in [1.165, 1.54) is 31.3 Å². The van der Waals surface area contributed by atoms with Crippen LogP contribution in [0.2, 0.25) is 0 Å². The average molecular weight is 670 g/mol. The molecule has 3 aromatic rings. The van der Waals surface area contributed by atoms with Crippen molar-refractivity contribution in [3.63, 3.8) is 0 Å². The van der Waals surface area contributed by atoms with Crippen molar-refractivity contribution in [2.45, 2.75) is 37.1 Å². The van der Waals surface area contributed by atoms with Crippen molar-refractivity contribution in [1.29, 1.82) is 0 Å². The van der Waals surface area contributed by atoms with Gasteiger partial charge in [0.1, 0.15) is 17.0 Å². The van der Waals surface area contributed by atoms with Crippen LogP contribution in [0.4, 0.5) is 18.9 Å². The summed E-state index contributed by atoms with van der Waals surface area (Å²) >= 11 is 5.61. The van der Waals surface area contributed by atoms with Crippen molar-refractivity contribution in [2.24, 2.45) is 0 Å². The zero-order valence-electron chi connectivity index (χ0n) is 26.5. The minimum absolute atomic E-state index is 0.0794. The fourth-order valence-corrected chi connectivity index (χ4v) is 6.34. The normalized spacial score (nSPS) is 18.0. The molecule has 0 bridgehead atoms. The van der Waals surface area contributed by atoms with Gasteiger partial charge in [-0.3, -0.25) is 9.59 Å². The molecule has 0 spiro atoms. The summed E-state index contributed by atoms with van der Waals surface area (Å²) in [6.07, 6.45) is -3.90. The number of carbonyl (C=O) groups is 2. The predicted octanol–water partition coefficient (Wildman–Crippen LogP) is 5.09. The van der Waals surface area contributed by atoms with Crippen LogP contribution < -0.4 is 20.1 Å². The zero-order valence-corrected chi connectivity index (χ0v) is 27.3. The Morgan fingerprint density at radius 1 is 1.02 bits per heavy atom. The summed E-state index contributed by atoms with van der Waals surface area (Å²) in [6, 6.07) is 19.3. The number of piperidine rings is 1. The zero-order chi connectivity index (χ0) is 33.8. The van der Waals surface area contributed by atoms with Crippen LogP contribution in [0, 0.1) is 0 Å². The van der Waals surface area contributed by atoms with Crippen molar-refractivity contribution >= 4 is 34.8 Å². The number of alkyl halides is 3. The second-order valence-corrected chi connectivity index (χ2v) is 12.2. The summed E-state index contributed by atoms with van der Waals surface area (Å²) in [5, 5.41) is 6.67. The fourth-order valence-electron chi connectivity index (χ4n) is 6.06. The van der Waals surface area contributed by atoms with E-state index in [-0.39, 0.29) is 25.0 Å². The molecule has 9 nitrogen and oxygen atoms in total. The maximum atomic E-state index is 14.5. The molecule has 2 aliphatic rings. The lowest BCUT2D eigenvalue weighted by Crippen LogP contribution is -2.64. The SMILES string of the molecule is COc1ccc(NC(=O)C2(N(Cc3ccc(C(F)(F)F)cc3)C(=O)CN3C[C@H](c4ccccc4)NC3=S)CCN(C)CC2)c(OC)c1. The van der Waals surface area contributed by atoms with Crippen LogP contribution in [0.15, 0.2) is 72.8 Å². The van der Waals surface area contributed by atoms with Crippen molar-refractivity contribution in [3.8, 4) is 11.5 Å². The molecule has 2 saturated heterocycles. The predicted molar refractivity (Wildman–Crippen MR) is 176 cm³/mol. The molecule has 2 N–H and O–H groups in total. The highest BCUT2D eigenvalue weighted by atomic mass is 32.1. The first kappa shape index (κ1) is 34.0. The van der Waals surface area contributed by atoms with Gasteiger partial charge in [0.15, 0.2) is 5.11 Å². The van der Waals surface area contributed by atoms with Gasteiger partial charge in [0.25, 0.3) is 5.91 Å². The van der Waals surface area contributed by atoms with Gasteiger partial charge < -0.3 is 34.8 Å². The van der Waals surface area contributed by atoms with E-state index in [9.17, 15) is 22.8 Å². The standard InChI is InChI=1S/C34H38F3N5O4S/c1-40-17-15-33(16-18-40,31(44)38-27-14-13-26(45-2)19-29(27)46-3)42(20-23-9-11-25(12-10-23)34(35,36)37)30(43)22-41-21-28(39-32(41)47)24-7-5-4-6-8-24/h4-14,19,28H,15-18,20-22H2,1-3H3,(H,38,44)(H,39,47)/t28-/m1/s1. The molecule has 0 saturated carbocycles. The summed E-state index contributed by atoms with van der Waals surface area (Å²) < 4.78 is 50.9. The third kappa shape index (κ3) is 7.62. The molecule has 13 heteroatoms. The third-order valence-corrected chi connectivity index (χ3v) is 9.23. The molecular formula is C34H38F3N5O4S. The van der Waals surface area contributed by atoms with Gasteiger partial charge in [0.2, 0.25) is 5.91 Å². The Bertz CT molecular complexity index is 1580. The number of likely N-dealkylation sites (tertiary alicyclic amines) is 1. The number of carbonyl (C=O) groups excluding carboxylic acids is 2. The van der Waals surface area contributed by atoms with Gasteiger partial charge in [-0.1, -0.05) is 42.5 Å². The average Bonchev–Trinajstić information content (AvgIpc) is 3.44. The minimum atomic E-state index is -4.51. The Balaban J connectivity index is 1.49. The van der Waals surface area contributed by atoms with Crippen molar-refractivity contribution < 1.29 is 32.2 Å². The molecule has 2 amide bonds. The first-order valence-electron chi connectivity index (χ1n) is 15.2. The summed E-state index contributed by atoms with van der Waals surface area (Å²) in [5.41, 5.74) is -0.243. The molecule has 0 unspecified atom stereocenters. The maximum Gasteiger partial charge on any atom is 0.416 e. The molecule has 5 rings (SSSR count). The number of methoxy groups -OCH3 is 2. The molecule has 0 aliphatic carbocycles. The van der Waals surface area contributed by atoms with Crippen molar-refractivity contribution in [2.75, 3.05) is 52.8 Å². The van der Waals surface area contributed by atoms with Crippen LogP contribution in [0.3, 0.4) is 0 Å². The van der Waals surface area contributed by atoms with Crippen LogP contribution in [0.25, 0.3) is 0 Å². The molecule has 2 fully saturated rings. The number of benzene rings is 3. The quantitative estimate of drug-likeness (QED) is 0.289. The van der Waals surface area contributed by atoms with Crippen LogP contribution in [-0.4, -0.2) is 84.6 Å². The Morgan fingerprint density at radius 3 is 2.32 bits per heavy atom. The number of thiocarbonyl (C=S) groups is 1. The molecule has 250 valence electrons. The number of nitrogens with zero attached hydrogens (tertiary/aromatic N) is 3. The Kier molecular flexibility index (Phi) is 10.3. The lowest BCUT2D eigenvalue weighted by atomic mass is 9.83. The van der Waals surface area contributed by atoms with E-state index in [1.807, 2.05) is 37.4 Å². The number of anilines is 1. The van der Waals surface area contributed by atoms with Gasteiger partial charge >= 0.3 is 6.18 Å². The molecule has 2 aliphatic heterocycles. The largest absolute Gasteiger partial charge is 0.497 e. The molecule has 3 aromatic carbocycles. The van der Waals surface area contributed by atoms with E-state index >= 15 is 0 Å². The summed E-state index contributed by atoms with van der Waals surface area (Å²) in [4.78, 5) is 34.3. The van der Waals surface area contributed by atoms with Crippen molar-refractivity contribution in [3.05, 3.63) is 89.5 Å². The number of amides is 2. The molecule has 47 heavy (non-hydrogen) atoms. The highest BCUT2D eigenvalue weighted by molar-refractivity contribution is 7.80. The molecule has 1 atom stereocenters. The lowest BCUT2D eigenvalue weighted by molar-refractivity contribution is -0.150. The number of nitrogens with one attached hydrogen (secondary N) is 2. The third-order valence-electron chi connectivity index (χ3n) is 8.85. The van der Waals surface area contributed by atoms with Crippen molar-refractivity contribution in [1.82, 2.24) is 20.0 Å². The van der Waals surface area contributed by atoms with Gasteiger partial charge in [0.05, 0.1) is 38.1 Å². The van der Waals surface area contributed by atoms with Gasteiger partial charge in [-0.2, -0.15) is 13.2 Å². The van der Waals surface area contributed by atoms with Crippen LogP contribution in [0.5, 0.6) is 11.5 Å². The number of ether oxygens (including phenoxy) is 2. The first-order chi connectivity index (χ1) is 22.4. The lowest BCUT2D eigenvalue weighted by Gasteiger charge is -2.47. The molecule has 2 heterocycles. The topological polar surface area (TPSA) is 86.4 Å². The van der Waals surface area contributed by atoms with Crippen LogP contribution in [0.1, 0.15) is 35.6 Å². The number of halogens is 3. The van der Waals surface area contributed by atoms with E-state index in [2.05, 4.69) is 15.5 Å². The van der Waals surface area contributed by atoms with Crippen LogP contribution >= 0.6 is 12.2 Å². The Morgan fingerprint density at radius 2 is 1.70 bits per heavy atom. The Labute approximate surface area is 277 Å². The maximum absolute atomic E-state index is 14.5.